The molecular weight excluding hydrogens is 587 g/mol. The van der Waals surface area contributed by atoms with Gasteiger partial charge >= 0.3 is 13.2 Å². The largest absolute Gasteiger partial charge is 0.481 e. The van der Waals surface area contributed by atoms with E-state index in [1.807, 2.05) is 0 Å². The molecule has 0 radical (unpaired) electrons. The van der Waals surface area contributed by atoms with Crippen molar-refractivity contribution in [2.45, 2.75) is 142 Å². The van der Waals surface area contributed by atoms with Crippen LogP contribution in [0.3, 0.4) is 0 Å². The Morgan fingerprint density at radius 2 is 1.85 bits per heavy atom. The van der Waals surface area contributed by atoms with Gasteiger partial charge in [-0.05, 0) is 102 Å². The van der Waals surface area contributed by atoms with E-state index in [-0.39, 0.29) is 35.2 Å². The predicted molar refractivity (Wildman–Crippen MR) is 179 cm³/mol. The molecule has 260 valence electrons. The number of carbonyl (C=O) groups is 3. The van der Waals surface area contributed by atoms with E-state index < -0.39 is 36.5 Å². The number of aliphatic imine (C=N–C) groups is 1. The second kappa shape index (κ2) is 14.3. The summed E-state index contributed by atoms with van der Waals surface area (Å²) in [6.07, 6.45) is 5.26. The molecule has 2 bridgehead atoms. The highest BCUT2D eigenvalue weighted by molar-refractivity contribution is 6.48. The highest BCUT2D eigenvalue weighted by Crippen LogP contribution is 2.65. The number of nitrogens with one attached hydrogen (secondary N) is 3. The van der Waals surface area contributed by atoms with Gasteiger partial charge in [0.25, 0.3) is 0 Å². The number of carbonyl (C=O) groups excluding carboxylic acids is 3. The van der Waals surface area contributed by atoms with Crippen LogP contribution in [0.4, 0.5) is 4.79 Å². The standard InChI is InChI=1S/C33H59BN6O6/c1-20(2)17-26(34-45-25-19-21-18-24(32(21,6)7)33(25,8)46-34)39-27(41)22(13-12-15-37-29(35)36-9)38-28(42)23-14-10-11-16-40(23)30(43)44-31(3,4)5/h20-26H,10-19H2,1-9H3,(H,38,42)(H,39,41)(H3,35,36,37)/t21-,22-,23+,24-,25+,26-,33-/m0/s1. The van der Waals surface area contributed by atoms with Gasteiger partial charge < -0.3 is 35.7 Å². The van der Waals surface area contributed by atoms with Crippen molar-refractivity contribution < 1.29 is 28.4 Å². The zero-order valence-corrected chi connectivity index (χ0v) is 29.6. The number of ether oxygens (including phenoxy) is 1. The maximum Gasteiger partial charge on any atom is 0.481 e. The van der Waals surface area contributed by atoms with Gasteiger partial charge in [0.15, 0.2) is 5.96 Å². The van der Waals surface area contributed by atoms with E-state index in [2.05, 4.69) is 55.6 Å². The average Bonchev–Trinajstić information content (AvgIpc) is 3.34. The van der Waals surface area contributed by atoms with Crippen molar-refractivity contribution in [3.05, 3.63) is 0 Å². The number of guanidine groups is 1. The molecule has 0 spiro atoms. The van der Waals surface area contributed by atoms with Gasteiger partial charge in [0.05, 0.1) is 17.6 Å². The molecule has 5 fully saturated rings. The smallest absolute Gasteiger partial charge is 0.444 e. The molecule has 0 aromatic heterocycles. The molecule has 46 heavy (non-hydrogen) atoms. The molecule has 12 nitrogen and oxygen atoms in total. The van der Waals surface area contributed by atoms with Crippen molar-refractivity contribution in [2.24, 2.45) is 33.9 Å². The van der Waals surface area contributed by atoms with Gasteiger partial charge in [-0.1, -0.05) is 27.7 Å². The summed E-state index contributed by atoms with van der Waals surface area (Å²) < 4.78 is 18.9. The van der Waals surface area contributed by atoms with Gasteiger partial charge in [-0.2, -0.15) is 0 Å². The molecule has 0 aromatic rings. The quantitative estimate of drug-likeness (QED) is 0.115. The molecule has 2 saturated heterocycles. The normalized spacial score (nSPS) is 30.2. The summed E-state index contributed by atoms with van der Waals surface area (Å²) in [7, 11) is 1.03. The van der Waals surface area contributed by atoms with Crippen molar-refractivity contribution in [3.8, 4) is 0 Å². The maximum atomic E-state index is 14.1. The summed E-state index contributed by atoms with van der Waals surface area (Å²) in [5.41, 5.74) is 4.93. The maximum absolute atomic E-state index is 14.1. The van der Waals surface area contributed by atoms with Gasteiger partial charge in [0.2, 0.25) is 11.8 Å². The first-order chi connectivity index (χ1) is 21.5. The van der Waals surface area contributed by atoms with Crippen molar-refractivity contribution >= 4 is 31.0 Å². The zero-order valence-electron chi connectivity index (χ0n) is 29.6. The van der Waals surface area contributed by atoms with Gasteiger partial charge in [-0.25, -0.2) is 4.79 Å². The van der Waals surface area contributed by atoms with Gasteiger partial charge in [-0.15, -0.1) is 0 Å². The van der Waals surface area contributed by atoms with E-state index >= 15 is 0 Å². The SMILES string of the molecule is CN=C(N)NCCC[C@H](NC(=O)[C@H]1CCCCN1C(=O)OC(C)(C)C)C(=O)N[C@@H](CC(C)C)B1O[C@@H]2C[C@@H]3C[C@@H](C3(C)C)[C@]2(C)O1. The minimum Gasteiger partial charge on any atom is -0.444 e. The number of piperidine rings is 1. The Labute approximate surface area is 276 Å². The number of nitrogens with two attached hydrogens (primary N) is 1. The monoisotopic (exact) mass is 646 g/mol. The van der Waals surface area contributed by atoms with Gasteiger partial charge in [-0.3, -0.25) is 19.5 Å². The van der Waals surface area contributed by atoms with Crippen LogP contribution in [0.5, 0.6) is 0 Å². The fourth-order valence-corrected chi connectivity index (χ4v) is 7.98. The fourth-order valence-electron chi connectivity index (χ4n) is 7.98. The Kier molecular flexibility index (Phi) is 11.3. The molecule has 5 N–H and O–H groups in total. The molecule has 3 amide bonds. The van der Waals surface area contributed by atoms with Crippen molar-refractivity contribution in [2.75, 3.05) is 20.1 Å². The Morgan fingerprint density at radius 3 is 2.48 bits per heavy atom. The van der Waals surface area contributed by atoms with Crippen molar-refractivity contribution in [3.63, 3.8) is 0 Å². The van der Waals surface area contributed by atoms with E-state index in [0.29, 0.717) is 56.6 Å². The molecule has 7 atom stereocenters. The number of likely N-dealkylation sites (tertiary alicyclic amines) is 1. The number of rotatable bonds is 11. The highest BCUT2D eigenvalue weighted by Gasteiger charge is 2.68. The van der Waals surface area contributed by atoms with Gasteiger partial charge in [0, 0.05) is 20.1 Å². The first-order valence-corrected chi connectivity index (χ1v) is 17.4. The van der Waals surface area contributed by atoms with E-state index in [9.17, 15) is 14.4 Å². The van der Waals surface area contributed by atoms with Crippen molar-refractivity contribution in [1.82, 2.24) is 20.9 Å². The van der Waals surface area contributed by atoms with Crippen LogP contribution < -0.4 is 21.7 Å². The summed E-state index contributed by atoms with van der Waals surface area (Å²) in [5.74, 6) is 0.570. The zero-order chi connectivity index (χ0) is 34.0. The third kappa shape index (κ3) is 8.12. The molecule has 5 aliphatic rings. The summed E-state index contributed by atoms with van der Waals surface area (Å²) in [6.45, 7) is 17.4. The Balaban J connectivity index is 1.48. The van der Waals surface area contributed by atoms with Crippen LogP contribution in [0.2, 0.25) is 0 Å². The van der Waals surface area contributed by atoms with Crippen LogP contribution >= 0.6 is 0 Å². The third-order valence-electron chi connectivity index (χ3n) is 10.6. The van der Waals surface area contributed by atoms with Crippen LogP contribution in [0.1, 0.15) is 107 Å². The van der Waals surface area contributed by atoms with Crippen LogP contribution in [-0.4, -0.2) is 91.4 Å². The lowest BCUT2D eigenvalue weighted by Crippen LogP contribution is -2.65. The Bertz CT molecular complexity index is 1140. The Morgan fingerprint density at radius 1 is 1.13 bits per heavy atom. The summed E-state index contributed by atoms with van der Waals surface area (Å²) >= 11 is 0. The average molecular weight is 647 g/mol. The lowest BCUT2D eigenvalue weighted by Gasteiger charge is -2.64. The molecule has 0 unspecified atom stereocenters. The lowest BCUT2D eigenvalue weighted by molar-refractivity contribution is -0.199. The van der Waals surface area contributed by atoms with Gasteiger partial charge in [0.1, 0.15) is 17.7 Å². The van der Waals surface area contributed by atoms with Crippen LogP contribution in [-0.2, 0) is 23.6 Å². The molecule has 5 rings (SSSR count). The molecular formula is C33H59BN6O6. The van der Waals surface area contributed by atoms with E-state index in [0.717, 1.165) is 25.7 Å². The minimum atomic E-state index is -0.836. The predicted octanol–water partition coefficient (Wildman–Crippen LogP) is 3.37. The second-order valence-electron chi connectivity index (χ2n) is 16.0. The third-order valence-corrected chi connectivity index (χ3v) is 10.6. The first kappa shape index (κ1) is 36.3. The number of hydrogen-bond acceptors (Lipinski definition) is 7. The molecule has 0 aromatic carbocycles. The summed E-state index contributed by atoms with van der Waals surface area (Å²) in [6, 6.07) is -1.55. The number of hydrogen-bond donors (Lipinski definition) is 4. The highest BCUT2D eigenvalue weighted by atomic mass is 16.7. The van der Waals surface area contributed by atoms with Crippen LogP contribution in [0.25, 0.3) is 0 Å². The van der Waals surface area contributed by atoms with Crippen LogP contribution in [0.15, 0.2) is 4.99 Å². The Hall–Kier alpha value is -2.54. The van der Waals surface area contributed by atoms with E-state index in [1.54, 1.807) is 27.8 Å². The summed E-state index contributed by atoms with van der Waals surface area (Å²) in [4.78, 5) is 46.3. The molecule has 3 aliphatic carbocycles. The number of nitrogens with zero attached hydrogens (tertiary/aromatic N) is 2. The first-order valence-electron chi connectivity index (χ1n) is 17.4. The lowest BCUT2D eigenvalue weighted by atomic mass is 9.43. The molecule has 13 heteroatoms. The van der Waals surface area contributed by atoms with E-state index in [4.69, 9.17) is 19.8 Å². The van der Waals surface area contributed by atoms with E-state index in [1.165, 1.54) is 4.90 Å². The minimum absolute atomic E-state index is 0.00163. The molecule has 2 aliphatic heterocycles. The number of amides is 3. The van der Waals surface area contributed by atoms with Crippen LogP contribution in [0, 0.1) is 23.2 Å². The summed E-state index contributed by atoms with van der Waals surface area (Å²) in [5, 5.41) is 9.24. The fraction of sp³-hybridized carbons (Fsp3) is 0.879. The van der Waals surface area contributed by atoms with Crippen molar-refractivity contribution in [1.29, 1.82) is 0 Å². The topological polar surface area (TPSA) is 157 Å². The molecule has 2 heterocycles. The second-order valence-corrected chi connectivity index (χ2v) is 16.0. The molecule has 3 saturated carbocycles.